The van der Waals surface area contributed by atoms with E-state index in [1.165, 1.54) is 21.4 Å². The summed E-state index contributed by atoms with van der Waals surface area (Å²) in [6.07, 6.45) is 4.24. The molecule has 1 aliphatic rings. The summed E-state index contributed by atoms with van der Waals surface area (Å²) < 4.78 is 28.6. The van der Waals surface area contributed by atoms with Crippen LogP contribution in [0.4, 0.5) is 0 Å². The van der Waals surface area contributed by atoms with Gasteiger partial charge < -0.3 is 5.32 Å². The number of sulfonamides is 1. The maximum Gasteiger partial charge on any atom is 0.246 e. The number of nitrogens with one attached hydrogen (secondary N) is 1. The van der Waals surface area contributed by atoms with Crippen LogP contribution in [-0.4, -0.2) is 48.5 Å². The molecule has 1 atom stereocenters. The van der Waals surface area contributed by atoms with Crippen molar-refractivity contribution in [3.05, 3.63) is 42.7 Å². The fraction of sp³-hybridized carbons (Fsp3) is 0.375. The Balaban J connectivity index is 1.83. The van der Waals surface area contributed by atoms with Crippen molar-refractivity contribution in [1.29, 1.82) is 0 Å². The number of rotatable bonds is 4. The van der Waals surface area contributed by atoms with Crippen molar-refractivity contribution in [3.8, 4) is 5.69 Å². The van der Waals surface area contributed by atoms with Crippen molar-refractivity contribution in [2.75, 3.05) is 20.1 Å². The van der Waals surface area contributed by atoms with Crippen LogP contribution in [-0.2, 0) is 14.8 Å². The molecule has 1 saturated heterocycles. The molecule has 0 bridgehead atoms. The number of para-hydroxylation sites is 1. The van der Waals surface area contributed by atoms with Gasteiger partial charge in [0.1, 0.15) is 4.90 Å². The van der Waals surface area contributed by atoms with Gasteiger partial charge in [-0.05, 0) is 25.0 Å². The van der Waals surface area contributed by atoms with Crippen molar-refractivity contribution in [3.63, 3.8) is 0 Å². The van der Waals surface area contributed by atoms with E-state index >= 15 is 0 Å². The van der Waals surface area contributed by atoms with Gasteiger partial charge in [0.25, 0.3) is 0 Å². The minimum absolute atomic E-state index is 0.116. The lowest BCUT2D eigenvalue weighted by molar-refractivity contribution is -0.125. The molecule has 1 amide bonds. The van der Waals surface area contributed by atoms with Crippen LogP contribution in [0.15, 0.2) is 47.6 Å². The summed E-state index contributed by atoms with van der Waals surface area (Å²) in [5.41, 5.74) is 0.792. The second-order valence-corrected chi connectivity index (χ2v) is 7.71. The molecule has 1 aromatic carbocycles. The van der Waals surface area contributed by atoms with Gasteiger partial charge in [-0.15, -0.1) is 0 Å². The van der Waals surface area contributed by atoms with Crippen LogP contribution in [0.5, 0.6) is 0 Å². The summed E-state index contributed by atoms with van der Waals surface area (Å²) in [5.74, 6) is -0.419. The molecule has 128 valence electrons. The summed E-state index contributed by atoms with van der Waals surface area (Å²) in [4.78, 5) is 12.0. The second kappa shape index (κ2) is 6.74. The monoisotopic (exact) mass is 348 g/mol. The van der Waals surface area contributed by atoms with Crippen LogP contribution in [0.1, 0.15) is 12.8 Å². The van der Waals surface area contributed by atoms with Crippen LogP contribution >= 0.6 is 0 Å². The average molecular weight is 348 g/mol. The zero-order valence-electron chi connectivity index (χ0n) is 13.4. The number of carbonyl (C=O) groups excluding carboxylic acids is 1. The number of amides is 1. The first-order valence-electron chi connectivity index (χ1n) is 7.84. The molecule has 1 fully saturated rings. The van der Waals surface area contributed by atoms with Crippen molar-refractivity contribution in [2.45, 2.75) is 17.7 Å². The topological polar surface area (TPSA) is 84.3 Å². The third kappa shape index (κ3) is 3.20. The average Bonchev–Trinajstić information content (AvgIpc) is 3.13. The predicted octanol–water partition coefficient (Wildman–Crippen LogP) is 1.02. The zero-order valence-corrected chi connectivity index (χ0v) is 14.2. The molecule has 8 heteroatoms. The summed E-state index contributed by atoms with van der Waals surface area (Å²) in [5, 5.41) is 6.74. The Kier molecular flexibility index (Phi) is 4.68. The molecule has 1 aromatic heterocycles. The molecule has 2 aromatic rings. The van der Waals surface area contributed by atoms with E-state index in [0.717, 1.165) is 5.69 Å². The molecule has 24 heavy (non-hydrogen) atoms. The van der Waals surface area contributed by atoms with Crippen LogP contribution in [0, 0.1) is 5.92 Å². The highest BCUT2D eigenvalue weighted by Crippen LogP contribution is 2.24. The summed E-state index contributed by atoms with van der Waals surface area (Å²) in [6, 6.07) is 9.32. The van der Waals surface area contributed by atoms with Gasteiger partial charge in [0.2, 0.25) is 15.9 Å². The molecular weight excluding hydrogens is 328 g/mol. The van der Waals surface area contributed by atoms with Gasteiger partial charge in [-0.25, -0.2) is 13.1 Å². The van der Waals surface area contributed by atoms with E-state index < -0.39 is 10.0 Å². The third-order valence-electron chi connectivity index (χ3n) is 4.22. The maximum atomic E-state index is 12.8. The largest absolute Gasteiger partial charge is 0.359 e. The molecule has 0 saturated carbocycles. The third-order valence-corrected chi connectivity index (χ3v) is 6.04. The van der Waals surface area contributed by atoms with E-state index in [1.807, 2.05) is 30.3 Å². The van der Waals surface area contributed by atoms with Crippen molar-refractivity contribution in [2.24, 2.45) is 5.92 Å². The van der Waals surface area contributed by atoms with Crippen molar-refractivity contribution in [1.82, 2.24) is 19.4 Å². The molecule has 3 rings (SSSR count). The molecule has 0 spiro atoms. The van der Waals surface area contributed by atoms with Crippen LogP contribution < -0.4 is 5.32 Å². The van der Waals surface area contributed by atoms with E-state index in [-0.39, 0.29) is 23.3 Å². The van der Waals surface area contributed by atoms with E-state index in [0.29, 0.717) is 19.4 Å². The lowest BCUT2D eigenvalue weighted by Crippen LogP contribution is -2.44. The molecule has 0 radical (unpaired) electrons. The van der Waals surface area contributed by atoms with Crippen molar-refractivity contribution < 1.29 is 13.2 Å². The van der Waals surface area contributed by atoms with Gasteiger partial charge in [-0.3, -0.25) is 4.79 Å². The highest BCUT2D eigenvalue weighted by atomic mass is 32.2. The lowest BCUT2D eigenvalue weighted by Gasteiger charge is -2.30. The summed E-state index contributed by atoms with van der Waals surface area (Å²) >= 11 is 0. The first kappa shape index (κ1) is 16.7. The Morgan fingerprint density at radius 2 is 2.04 bits per heavy atom. The van der Waals surface area contributed by atoms with Crippen molar-refractivity contribution >= 4 is 15.9 Å². The molecule has 0 aliphatic carbocycles. The standard InChI is InChI=1S/C16H20N4O3S/c1-17-16(21)13-6-5-9-19(11-13)24(22,23)15-10-18-20(12-15)14-7-3-2-4-8-14/h2-4,7-8,10,12-13H,5-6,9,11H2,1H3,(H,17,21). The second-order valence-electron chi connectivity index (χ2n) is 5.77. The highest BCUT2D eigenvalue weighted by molar-refractivity contribution is 7.89. The van der Waals surface area contributed by atoms with Gasteiger partial charge >= 0.3 is 0 Å². The smallest absolute Gasteiger partial charge is 0.246 e. The van der Waals surface area contributed by atoms with E-state index in [4.69, 9.17) is 0 Å². The number of aromatic nitrogens is 2. The predicted molar refractivity (Wildman–Crippen MR) is 89.1 cm³/mol. The Morgan fingerprint density at radius 3 is 2.75 bits per heavy atom. The van der Waals surface area contributed by atoms with E-state index in [1.54, 1.807) is 7.05 Å². The molecule has 7 nitrogen and oxygen atoms in total. The van der Waals surface area contributed by atoms with Gasteiger partial charge in [-0.1, -0.05) is 18.2 Å². The SMILES string of the molecule is CNC(=O)C1CCCN(S(=O)(=O)c2cnn(-c3ccccc3)c2)C1. The minimum atomic E-state index is -3.65. The Bertz CT molecular complexity index is 817. The Hall–Kier alpha value is -2.19. The van der Waals surface area contributed by atoms with Gasteiger partial charge in [-0.2, -0.15) is 9.40 Å². The first-order chi connectivity index (χ1) is 11.5. The molecule has 2 heterocycles. The number of benzene rings is 1. The van der Waals surface area contributed by atoms with Crippen LogP contribution in [0.25, 0.3) is 5.69 Å². The summed E-state index contributed by atoms with van der Waals surface area (Å²) in [6.45, 7) is 0.630. The van der Waals surface area contributed by atoms with E-state index in [2.05, 4.69) is 10.4 Å². The van der Waals surface area contributed by atoms with Gasteiger partial charge in [0, 0.05) is 20.1 Å². The highest BCUT2D eigenvalue weighted by Gasteiger charge is 2.33. The molecular formula is C16H20N4O3S. The number of piperidine rings is 1. The molecule has 1 aliphatic heterocycles. The van der Waals surface area contributed by atoms with Gasteiger partial charge in [0.15, 0.2) is 0 Å². The number of nitrogens with zero attached hydrogens (tertiary/aromatic N) is 3. The number of carbonyl (C=O) groups is 1. The molecule has 1 N–H and O–H groups in total. The van der Waals surface area contributed by atoms with Crippen LogP contribution in [0.2, 0.25) is 0 Å². The summed E-state index contributed by atoms with van der Waals surface area (Å²) in [7, 11) is -2.08. The normalized spacial score (nSPS) is 19.1. The fourth-order valence-electron chi connectivity index (χ4n) is 2.89. The lowest BCUT2D eigenvalue weighted by atomic mass is 9.99. The Morgan fingerprint density at radius 1 is 1.29 bits per heavy atom. The minimum Gasteiger partial charge on any atom is -0.359 e. The quantitative estimate of drug-likeness (QED) is 0.894. The zero-order chi connectivity index (χ0) is 17.2. The maximum absolute atomic E-state index is 12.8. The molecule has 1 unspecified atom stereocenters. The number of hydrogen-bond acceptors (Lipinski definition) is 4. The van der Waals surface area contributed by atoms with E-state index in [9.17, 15) is 13.2 Å². The first-order valence-corrected chi connectivity index (χ1v) is 9.28. The number of hydrogen-bond donors (Lipinski definition) is 1. The Labute approximate surface area is 141 Å². The van der Waals surface area contributed by atoms with Crippen LogP contribution in [0.3, 0.4) is 0 Å². The van der Waals surface area contributed by atoms with Gasteiger partial charge in [0.05, 0.1) is 24.0 Å². The fourth-order valence-corrected chi connectivity index (χ4v) is 4.35.